The molecule has 2 N–H and O–H groups in total. The van der Waals surface area contributed by atoms with Crippen LogP contribution in [0.25, 0.3) is 0 Å². The number of rotatable bonds is 5. The molecule has 3 rings (SSSR count). The molecular formula is C20H15BrClFN2O2S. The minimum Gasteiger partial charge on any atom is -0.347 e. The minimum absolute atomic E-state index is 0.0257. The second-order valence-electron chi connectivity index (χ2n) is 6.01. The molecule has 0 saturated heterocycles. The Balaban J connectivity index is 1.68. The molecule has 0 bridgehead atoms. The van der Waals surface area contributed by atoms with E-state index < -0.39 is 11.7 Å². The number of hydrogen-bond acceptors (Lipinski definition) is 3. The van der Waals surface area contributed by atoms with E-state index in [1.807, 2.05) is 24.3 Å². The molecule has 0 aliphatic heterocycles. The van der Waals surface area contributed by atoms with E-state index in [2.05, 4.69) is 26.6 Å². The molecule has 0 aliphatic carbocycles. The minimum atomic E-state index is -0.516. The first-order chi connectivity index (χ1) is 13.3. The highest BCUT2D eigenvalue weighted by Crippen LogP contribution is 2.28. The molecular weight excluding hydrogens is 467 g/mol. The fraction of sp³-hybridized carbons (Fsp3) is 0.100. The van der Waals surface area contributed by atoms with Gasteiger partial charge < -0.3 is 10.6 Å². The van der Waals surface area contributed by atoms with E-state index in [0.29, 0.717) is 16.4 Å². The number of benzene rings is 2. The van der Waals surface area contributed by atoms with Gasteiger partial charge in [0.15, 0.2) is 0 Å². The van der Waals surface area contributed by atoms with E-state index in [1.165, 1.54) is 23.5 Å². The zero-order chi connectivity index (χ0) is 20.3. The molecule has 0 fully saturated rings. The van der Waals surface area contributed by atoms with Gasteiger partial charge in [-0.1, -0.05) is 39.7 Å². The molecule has 0 radical (unpaired) electrons. The maximum absolute atomic E-state index is 13.1. The normalized spacial score (nSPS) is 10.6. The Bertz CT molecular complexity index is 1050. The lowest BCUT2D eigenvalue weighted by atomic mass is 10.2. The third kappa shape index (κ3) is 4.98. The lowest BCUT2D eigenvalue weighted by Crippen LogP contribution is -2.22. The van der Waals surface area contributed by atoms with Crippen LogP contribution in [-0.4, -0.2) is 11.8 Å². The Morgan fingerprint density at radius 3 is 2.64 bits per heavy atom. The zero-order valence-electron chi connectivity index (χ0n) is 14.7. The highest BCUT2D eigenvalue weighted by atomic mass is 79.9. The molecule has 2 aromatic carbocycles. The monoisotopic (exact) mass is 480 g/mol. The summed E-state index contributed by atoms with van der Waals surface area (Å²) in [4.78, 5) is 25.4. The molecule has 28 heavy (non-hydrogen) atoms. The molecule has 0 atom stereocenters. The van der Waals surface area contributed by atoms with Crippen molar-refractivity contribution in [1.82, 2.24) is 5.32 Å². The standard InChI is InChI=1S/C20H15BrClFN2O2S/c1-11-7-17(25-19(26)15-6-5-14(23)9-16(15)22)28-18(11)20(27)24-10-12-3-2-4-13(21)8-12/h2-9H,10H2,1H3,(H,24,27)(H,25,26). The van der Waals surface area contributed by atoms with Crippen LogP contribution in [0.1, 0.15) is 31.2 Å². The van der Waals surface area contributed by atoms with E-state index in [9.17, 15) is 14.0 Å². The second kappa shape index (κ2) is 8.86. The summed E-state index contributed by atoms with van der Waals surface area (Å²) >= 11 is 10.5. The second-order valence-corrected chi connectivity index (χ2v) is 8.39. The molecule has 3 aromatic rings. The summed E-state index contributed by atoms with van der Waals surface area (Å²) < 4.78 is 14.1. The average molecular weight is 482 g/mol. The third-order valence-corrected chi connectivity index (χ3v) is 5.84. The van der Waals surface area contributed by atoms with Crippen molar-refractivity contribution in [3.05, 3.63) is 85.4 Å². The van der Waals surface area contributed by atoms with Gasteiger partial charge in [-0.25, -0.2) is 4.39 Å². The van der Waals surface area contributed by atoms with E-state index in [1.54, 1.807) is 13.0 Å². The largest absolute Gasteiger partial charge is 0.347 e. The number of thiophene rings is 1. The summed E-state index contributed by atoms with van der Waals surface area (Å²) in [5, 5.41) is 6.11. The Labute approximate surface area is 178 Å². The molecule has 4 nitrogen and oxygen atoms in total. The lowest BCUT2D eigenvalue weighted by Gasteiger charge is -2.05. The van der Waals surface area contributed by atoms with E-state index in [-0.39, 0.29) is 16.5 Å². The van der Waals surface area contributed by atoms with Crippen molar-refractivity contribution in [3.63, 3.8) is 0 Å². The van der Waals surface area contributed by atoms with Crippen molar-refractivity contribution in [3.8, 4) is 0 Å². The van der Waals surface area contributed by atoms with Gasteiger partial charge in [0.05, 0.1) is 20.5 Å². The predicted molar refractivity (Wildman–Crippen MR) is 114 cm³/mol. The van der Waals surface area contributed by atoms with Crippen LogP contribution in [0.4, 0.5) is 9.39 Å². The average Bonchev–Trinajstić information content (AvgIpc) is 3.00. The maximum Gasteiger partial charge on any atom is 0.261 e. The van der Waals surface area contributed by atoms with Crippen LogP contribution in [0, 0.1) is 12.7 Å². The van der Waals surface area contributed by atoms with Crippen LogP contribution in [0.2, 0.25) is 5.02 Å². The highest BCUT2D eigenvalue weighted by Gasteiger charge is 2.17. The number of amides is 2. The first kappa shape index (κ1) is 20.5. The topological polar surface area (TPSA) is 58.2 Å². The summed E-state index contributed by atoms with van der Waals surface area (Å²) in [6.45, 7) is 2.19. The molecule has 2 amide bonds. The summed E-state index contributed by atoms with van der Waals surface area (Å²) in [6.07, 6.45) is 0. The Kier molecular flexibility index (Phi) is 6.49. The Morgan fingerprint density at radius 1 is 1.14 bits per heavy atom. The number of aryl methyl sites for hydroxylation is 1. The fourth-order valence-electron chi connectivity index (χ4n) is 2.53. The van der Waals surface area contributed by atoms with Gasteiger partial charge in [0.25, 0.3) is 11.8 Å². The van der Waals surface area contributed by atoms with E-state index in [0.717, 1.165) is 21.7 Å². The smallest absolute Gasteiger partial charge is 0.261 e. The van der Waals surface area contributed by atoms with Gasteiger partial charge in [0.1, 0.15) is 5.82 Å². The molecule has 1 heterocycles. The van der Waals surface area contributed by atoms with Crippen molar-refractivity contribution >= 4 is 55.7 Å². The Hall–Kier alpha value is -2.22. The van der Waals surface area contributed by atoms with Crippen molar-refractivity contribution in [2.75, 3.05) is 5.32 Å². The zero-order valence-corrected chi connectivity index (χ0v) is 17.8. The molecule has 144 valence electrons. The van der Waals surface area contributed by atoms with Crippen molar-refractivity contribution in [2.24, 2.45) is 0 Å². The summed E-state index contributed by atoms with van der Waals surface area (Å²) in [7, 11) is 0. The number of carbonyl (C=O) groups excluding carboxylic acids is 2. The molecule has 8 heteroatoms. The van der Waals surface area contributed by atoms with Crippen molar-refractivity contribution < 1.29 is 14.0 Å². The SMILES string of the molecule is Cc1cc(NC(=O)c2ccc(F)cc2Cl)sc1C(=O)NCc1cccc(Br)c1. The lowest BCUT2D eigenvalue weighted by molar-refractivity contribution is 0.0953. The van der Waals surface area contributed by atoms with Gasteiger partial charge in [-0.2, -0.15) is 0 Å². The Morgan fingerprint density at radius 2 is 1.93 bits per heavy atom. The maximum atomic E-state index is 13.1. The molecule has 0 aliphatic rings. The number of anilines is 1. The van der Waals surface area contributed by atoms with Gasteiger partial charge in [-0.05, 0) is 54.4 Å². The van der Waals surface area contributed by atoms with Gasteiger partial charge >= 0.3 is 0 Å². The van der Waals surface area contributed by atoms with Crippen LogP contribution in [-0.2, 0) is 6.54 Å². The summed E-state index contributed by atoms with van der Waals surface area (Å²) in [5.41, 5.74) is 1.88. The first-order valence-corrected chi connectivity index (χ1v) is 10.2. The highest BCUT2D eigenvalue weighted by molar-refractivity contribution is 9.10. The van der Waals surface area contributed by atoms with Crippen LogP contribution in [0.5, 0.6) is 0 Å². The van der Waals surface area contributed by atoms with Crippen LogP contribution < -0.4 is 10.6 Å². The number of carbonyl (C=O) groups is 2. The molecule has 0 spiro atoms. The van der Waals surface area contributed by atoms with Crippen LogP contribution >= 0.6 is 38.9 Å². The molecule has 0 saturated carbocycles. The predicted octanol–water partition coefficient (Wildman–Crippen LogP) is 5.79. The summed E-state index contributed by atoms with van der Waals surface area (Å²) in [6, 6.07) is 12.9. The fourth-order valence-corrected chi connectivity index (χ4v) is 4.22. The van der Waals surface area contributed by atoms with Crippen molar-refractivity contribution in [2.45, 2.75) is 13.5 Å². The van der Waals surface area contributed by atoms with Gasteiger partial charge in [-0.3, -0.25) is 9.59 Å². The molecule has 1 aromatic heterocycles. The number of nitrogens with one attached hydrogen (secondary N) is 2. The van der Waals surface area contributed by atoms with Gasteiger partial charge in [0.2, 0.25) is 0 Å². The quantitative estimate of drug-likeness (QED) is 0.484. The third-order valence-electron chi connectivity index (χ3n) is 3.88. The number of halogens is 3. The van der Waals surface area contributed by atoms with Gasteiger partial charge in [0, 0.05) is 11.0 Å². The van der Waals surface area contributed by atoms with Crippen LogP contribution in [0.15, 0.2) is 53.0 Å². The van der Waals surface area contributed by atoms with E-state index >= 15 is 0 Å². The first-order valence-electron chi connectivity index (χ1n) is 8.23. The molecule has 0 unspecified atom stereocenters. The van der Waals surface area contributed by atoms with E-state index in [4.69, 9.17) is 11.6 Å². The number of hydrogen-bond donors (Lipinski definition) is 2. The van der Waals surface area contributed by atoms with Gasteiger partial charge in [-0.15, -0.1) is 11.3 Å². The summed E-state index contributed by atoms with van der Waals surface area (Å²) in [5.74, 6) is -1.20. The van der Waals surface area contributed by atoms with Crippen molar-refractivity contribution in [1.29, 1.82) is 0 Å². The van der Waals surface area contributed by atoms with Crippen LogP contribution in [0.3, 0.4) is 0 Å².